The molecule has 3 fully saturated rings. The van der Waals surface area contributed by atoms with E-state index in [9.17, 15) is 0 Å². The van der Waals surface area contributed by atoms with Crippen LogP contribution in [0.3, 0.4) is 0 Å². The van der Waals surface area contributed by atoms with Crippen LogP contribution >= 0.6 is 0 Å². The Kier molecular flexibility index (Phi) is 4.72. The molecular formula is C26H40N4O. The molecule has 8 atom stereocenters. The van der Waals surface area contributed by atoms with E-state index in [-0.39, 0.29) is 11.8 Å². The Morgan fingerprint density at radius 1 is 1.29 bits per heavy atom. The average molecular weight is 425 g/mol. The molecule has 5 heteroatoms. The third-order valence-corrected chi connectivity index (χ3v) is 10.4. The molecular weight excluding hydrogens is 384 g/mol. The predicted octanol–water partition coefficient (Wildman–Crippen LogP) is 3.96. The highest BCUT2D eigenvalue weighted by atomic mass is 16.5. The van der Waals surface area contributed by atoms with Crippen molar-refractivity contribution in [1.82, 2.24) is 15.5 Å². The van der Waals surface area contributed by atoms with Crippen LogP contribution in [0.1, 0.15) is 70.6 Å². The quantitative estimate of drug-likeness (QED) is 0.642. The second-order valence-corrected chi connectivity index (χ2v) is 11.9. The van der Waals surface area contributed by atoms with Gasteiger partial charge in [0.15, 0.2) is 0 Å². The molecule has 1 spiro atoms. The van der Waals surface area contributed by atoms with Gasteiger partial charge in [-0.3, -0.25) is 10.4 Å². The van der Waals surface area contributed by atoms with Crippen LogP contribution in [0.15, 0.2) is 17.3 Å². The number of allylic oxidation sites excluding steroid dienone is 1. The average Bonchev–Trinajstić information content (AvgIpc) is 3.46. The second kappa shape index (κ2) is 7.16. The Morgan fingerprint density at radius 3 is 3.00 bits per heavy atom. The highest BCUT2D eigenvalue weighted by Crippen LogP contribution is 2.64. The molecule has 1 aromatic heterocycles. The Labute approximate surface area is 187 Å². The molecule has 0 bridgehead atoms. The van der Waals surface area contributed by atoms with E-state index in [2.05, 4.69) is 42.5 Å². The first-order valence-electron chi connectivity index (χ1n) is 12.8. The fourth-order valence-corrected chi connectivity index (χ4v) is 8.45. The first kappa shape index (κ1) is 20.4. The fourth-order valence-electron chi connectivity index (χ4n) is 8.45. The number of aromatic nitrogens is 2. The van der Waals surface area contributed by atoms with Crippen molar-refractivity contribution in [3.63, 3.8) is 0 Å². The van der Waals surface area contributed by atoms with Gasteiger partial charge < -0.3 is 10.5 Å². The zero-order chi connectivity index (χ0) is 21.4. The number of hydrogen-bond acceptors (Lipinski definition) is 4. The molecule has 5 nitrogen and oxygen atoms in total. The maximum Gasteiger partial charge on any atom is 0.109 e. The molecule has 0 aromatic carbocycles. The number of fused-ring (bicyclic) bond motifs is 6. The standard InChI is InChI=1S/C26H40N4O/c1-15(12-27)8-24-28-14-26(31-24)7-6-19-20-5-4-18-9-23-17(13-29-30-23)11-25(18,3)22(20)10-21(19)16(26)2/h13,15,18-20,22,24,28H,4-12,14,27H2,1-3H3,(H,29,30)/t15?,18?,19?,20-,22?,24?,25?,26+/m0/s1. The van der Waals surface area contributed by atoms with E-state index in [1.54, 1.807) is 11.1 Å². The van der Waals surface area contributed by atoms with Gasteiger partial charge in [-0.2, -0.15) is 5.10 Å². The highest BCUT2D eigenvalue weighted by Gasteiger charge is 2.58. The van der Waals surface area contributed by atoms with Gasteiger partial charge in [-0.05, 0) is 111 Å². The predicted molar refractivity (Wildman–Crippen MR) is 122 cm³/mol. The third kappa shape index (κ3) is 2.95. The Morgan fingerprint density at radius 2 is 2.16 bits per heavy atom. The summed E-state index contributed by atoms with van der Waals surface area (Å²) in [5, 5.41) is 11.4. The Hall–Kier alpha value is -1.17. The number of ether oxygens (including phenoxy) is 1. The van der Waals surface area contributed by atoms with Gasteiger partial charge in [0.2, 0.25) is 0 Å². The van der Waals surface area contributed by atoms with E-state index >= 15 is 0 Å². The summed E-state index contributed by atoms with van der Waals surface area (Å²) in [6.45, 7) is 8.96. The van der Waals surface area contributed by atoms with Gasteiger partial charge in [0.1, 0.15) is 11.8 Å². The van der Waals surface area contributed by atoms with Crippen molar-refractivity contribution in [2.24, 2.45) is 40.7 Å². The first-order chi connectivity index (χ1) is 14.9. The zero-order valence-corrected chi connectivity index (χ0v) is 19.5. The van der Waals surface area contributed by atoms with E-state index in [0.717, 1.165) is 43.2 Å². The summed E-state index contributed by atoms with van der Waals surface area (Å²) >= 11 is 0. The SMILES string of the molecule is CC1=C2CC3[C@@H](CCC4Cc5[nH]ncc5CC43C)C2CC[C@@]12CNC(CC(C)CN)O2. The van der Waals surface area contributed by atoms with Crippen molar-refractivity contribution in [2.45, 2.75) is 84.0 Å². The molecule has 170 valence electrons. The van der Waals surface area contributed by atoms with Crippen molar-refractivity contribution in [3.8, 4) is 0 Å². The summed E-state index contributed by atoms with van der Waals surface area (Å²) < 4.78 is 6.77. The Balaban J connectivity index is 1.28. The van der Waals surface area contributed by atoms with Gasteiger partial charge >= 0.3 is 0 Å². The maximum atomic E-state index is 6.77. The highest BCUT2D eigenvalue weighted by molar-refractivity contribution is 5.36. The molecule has 2 saturated carbocycles. The van der Waals surface area contributed by atoms with E-state index in [0.29, 0.717) is 11.3 Å². The lowest BCUT2D eigenvalue weighted by atomic mass is 9.52. The molecule has 4 aliphatic carbocycles. The summed E-state index contributed by atoms with van der Waals surface area (Å²) in [4.78, 5) is 0. The second-order valence-electron chi connectivity index (χ2n) is 11.9. The summed E-state index contributed by atoms with van der Waals surface area (Å²) in [6, 6.07) is 0. The number of H-pyrrole nitrogens is 1. The number of nitrogens with two attached hydrogens (primary N) is 1. The number of nitrogens with one attached hydrogen (secondary N) is 2. The van der Waals surface area contributed by atoms with Crippen molar-refractivity contribution in [1.29, 1.82) is 0 Å². The van der Waals surface area contributed by atoms with E-state index in [1.165, 1.54) is 56.2 Å². The van der Waals surface area contributed by atoms with Gasteiger partial charge in [-0.25, -0.2) is 0 Å². The smallest absolute Gasteiger partial charge is 0.109 e. The lowest BCUT2D eigenvalue weighted by molar-refractivity contribution is -0.0404. The number of nitrogens with zero attached hydrogens (tertiary/aromatic N) is 1. The minimum atomic E-state index is -0.0666. The van der Waals surface area contributed by atoms with Crippen molar-refractivity contribution >= 4 is 0 Å². The largest absolute Gasteiger partial charge is 0.351 e. The summed E-state index contributed by atoms with van der Waals surface area (Å²) in [5.41, 5.74) is 12.5. The van der Waals surface area contributed by atoms with Crippen LogP contribution in [0, 0.1) is 35.0 Å². The van der Waals surface area contributed by atoms with Gasteiger partial charge in [0.05, 0.1) is 6.20 Å². The molecule has 4 N–H and O–H groups in total. The lowest BCUT2D eigenvalue weighted by Crippen LogP contribution is -2.47. The van der Waals surface area contributed by atoms with Crippen molar-refractivity contribution in [2.75, 3.05) is 13.1 Å². The van der Waals surface area contributed by atoms with Crippen LogP contribution in [0.4, 0.5) is 0 Å². The van der Waals surface area contributed by atoms with Crippen LogP contribution in [0.25, 0.3) is 0 Å². The van der Waals surface area contributed by atoms with Gasteiger partial charge in [-0.1, -0.05) is 19.4 Å². The molecule has 31 heavy (non-hydrogen) atoms. The summed E-state index contributed by atoms with van der Waals surface area (Å²) in [6.07, 6.45) is 12.3. The molecule has 0 radical (unpaired) electrons. The topological polar surface area (TPSA) is 76.0 Å². The minimum Gasteiger partial charge on any atom is -0.351 e. The molecule has 2 heterocycles. The van der Waals surface area contributed by atoms with Gasteiger partial charge in [0.25, 0.3) is 0 Å². The molecule has 5 aliphatic rings. The van der Waals surface area contributed by atoms with Gasteiger partial charge in [0, 0.05) is 12.2 Å². The van der Waals surface area contributed by atoms with Crippen LogP contribution < -0.4 is 11.1 Å². The van der Waals surface area contributed by atoms with Crippen LogP contribution in [0.5, 0.6) is 0 Å². The van der Waals surface area contributed by atoms with Crippen LogP contribution in [0.2, 0.25) is 0 Å². The first-order valence-corrected chi connectivity index (χ1v) is 12.8. The van der Waals surface area contributed by atoms with Gasteiger partial charge in [-0.15, -0.1) is 0 Å². The number of aromatic amines is 1. The van der Waals surface area contributed by atoms with E-state index in [4.69, 9.17) is 10.5 Å². The third-order valence-electron chi connectivity index (χ3n) is 10.4. The normalized spacial score (nSPS) is 44.7. The maximum absolute atomic E-state index is 6.77. The van der Waals surface area contributed by atoms with Crippen molar-refractivity contribution < 1.29 is 4.74 Å². The molecule has 1 aromatic rings. The zero-order valence-electron chi connectivity index (χ0n) is 19.5. The monoisotopic (exact) mass is 424 g/mol. The lowest BCUT2D eigenvalue weighted by Gasteiger charge is -2.52. The van der Waals surface area contributed by atoms with E-state index in [1.807, 2.05) is 0 Å². The fraction of sp³-hybridized carbons (Fsp3) is 0.808. The summed E-state index contributed by atoms with van der Waals surface area (Å²) in [5.74, 6) is 3.80. The van der Waals surface area contributed by atoms with Crippen LogP contribution in [-0.4, -0.2) is 35.1 Å². The molecule has 1 saturated heterocycles. The minimum absolute atomic E-state index is 0.0666. The number of hydrogen-bond donors (Lipinski definition) is 3. The molecule has 6 rings (SSSR count). The molecule has 1 aliphatic heterocycles. The number of rotatable bonds is 3. The molecule has 0 amide bonds. The van der Waals surface area contributed by atoms with Crippen LogP contribution in [-0.2, 0) is 17.6 Å². The molecule has 6 unspecified atom stereocenters. The Bertz CT molecular complexity index is 892. The summed E-state index contributed by atoms with van der Waals surface area (Å²) in [7, 11) is 0. The van der Waals surface area contributed by atoms with Crippen molar-refractivity contribution in [3.05, 3.63) is 28.6 Å². The van der Waals surface area contributed by atoms with E-state index < -0.39 is 0 Å².